The van der Waals surface area contributed by atoms with Gasteiger partial charge in [0.2, 0.25) is 0 Å². The molecule has 0 aromatic heterocycles. The molecule has 0 spiro atoms. The van der Waals surface area contributed by atoms with E-state index in [-0.39, 0.29) is 0 Å². The molecule has 1 aliphatic carbocycles. The van der Waals surface area contributed by atoms with E-state index in [1.54, 1.807) is 0 Å². The van der Waals surface area contributed by atoms with Crippen LogP contribution in [0.5, 0.6) is 0 Å². The summed E-state index contributed by atoms with van der Waals surface area (Å²) in [5.41, 5.74) is 11.6. The molecular formula is C39H24N2. The van der Waals surface area contributed by atoms with Crippen LogP contribution in [0.4, 0.5) is 17.1 Å². The van der Waals surface area contributed by atoms with E-state index < -0.39 is 0 Å². The van der Waals surface area contributed by atoms with Crippen LogP contribution in [0.3, 0.4) is 0 Å². The number of rotatable bonds is 4. The maximum Gasteiger partial charge on any atom is 0.0991 e. The van der Waals surface area contributed by atoms with E-state index in [9.17, 15) is 0 Å². The summed E-state index contributed by atoms with van der Waals surface area (Å²) >= 11 is 0. The molecule has 0 aliphatic heterocycles. The predicted octanol–water partition coefficient (Wildman–Crippen LogP) is 10.6. The number of hydrogen-bond acceptors (Lipinski definition) is 2. The van der Waals surface area contributed by atoms with Gasteiger partial charge in [-0.2, -0.15) is 5.26 Å². The highest BCUT2D eigenvalue weighted by Crippen LogP contribution is 2.51. The molecule has 0 fully saturated rings. The molecule has 8 rings (SSSR count). The van der Waals surface area contributed by atoms with Gasteiger partial charge in [0.1, 0.15) is 0 Å². The molecule has 0 bridgehead atoms. The molecule has 190 valence electrons. The smallest absolute Gasteiger partial charge is 0.0991 e. The average molecular weight is 521 g/mol. The monoisotopic (exact) mass is 520 g/mol. The summed E-state index contributed by atoms with van der Waals surface area (Å²) < 4.78 is 0. The van der Waals surface area contributed by atoms with Gasteiger partial charge in [0.25, 0.3) is 0 Å². The first-order chi connectivity index (χ1) is 20.2. The van der Waals surface area contributed by atoms with Crippen LogP contribution in [0.1, 0.15) is 5.56 Å². The van der Waals surface area contributed by atoms with Gasteiger partial charge in [0.15, 0.2) is 0 Å². The van der Waals surface area contributed by atoms with E-state index in [1.807, 2.05) is 24.3 Å². The largest absolute Gasteiger partial charge is 0.310 e. The Kier molecular flexibility index (Phi) is 5.23. The van der Waals surface area contributed by atoms with Crippen LogP contribution in [0, 0.1) is 11.3 Å². The van der Waals surface area contributed by atoms with Crippen LogP contribution in [0.25, 0.3) is 54.9 Å². The minimum atomic E-state index is 0.679. The Morgan fingerprint density at radius 3 is 1.44 bits per heavy atom. The summed E-state index contributed by atoms with van der Waals surface area (Å²) in [5.74, 6) is 0. The van der Waals surface area contributed by atoms with Crippen molar-refractivity contribution in [3.8, 4) is 39.4 Å². The second-order valence-corrected chi connectivity index (χ2v) is 10.6. The quantitative estimate of drug-likeness (QED) is 0.231. The number of para-hydroxylation sites is 2. The lowest BCUT2D eigenvalue weighted by atomic mass is 9.77. The number of fused-ring (bicyclic) bond motifs is 6. The number of anilines is 3. The van der Waals surface area contributed by atoms with Crippen molar-refractivity contribution in [2.24, 2.45) is 0 Å². The van der Waals surface area contributed by atoms with E-state index in [2.05, 4.69) is 132 Å². The van der Waals surface area contributed by atoms with E-state index in [4.69, 9.17) is 5.26 Å². The van der Waals surface area contributed by atoms with E-state index in [1.165, 1.54) is 43.8 Å². The second-order valence-electron chi connectivity index (χ2n) is 10.6. The fourth-order valence-electron chi connectivity index (χ4n) is 6.07. The molecule has 2 nitrogen and oxygen atoms in total. The van der Waals surface area contributed by atoms with Crippen molar-refractivity contribution in [1.29, 1.82) is 5.26 Å². The highest BCUT2D eigenvalue weighted by molar-refractivity contribution is 6.12. The number of nitriles is 1. The molecule has 0 saturated heterocycles. The third kappa shape index (κ3) is 3.87. The Labute approximate surface area is 239 Å². The average Bonchev–Trinajstić information content (AvgIpc) is 3.04. The Balaban J connectivity index is 1.21. The molecule has 2 heteroatoms. The maximum absolute atomic E-state index is 9.14. The SMILES string of the molecule is N#Cc1ccc(-c2ccc3cc4c(cc3c2)-c2cc3cc(N(c5ccccc5)c5ccccc5)ccc3cc2-4)cc1. The van der Waals surface area contributed by atoms with Gasteiger partial charge in [-0.3, -0.25) is 0 Å². The summed E-state index contributed by atoms with van der Waals surface area (Å²) in [4.78, 5) is 2.31. The molecular weight excluding hydrogens is 496 g/mol. The van der Waals surface area contributed by atoms with Crippen LogP contribution in [-0.4, -0.2) is 0 Å². The lowest BCUT2D eigenvalue weighted by molar-refractivity contribution is 1.29. The third-order valence-electron chi connectivity index (χ3n) is 8.15. The summed E-state index contributed by atoms with van der Waals surface area (Å²) in [5, 5.41) is 14.1. The molecule has 7 aromatic rings. The van der Waals surface area contributed by atoms with Crippen LogP contribution in [0.2, 0.25) is 0 Å². The Hall–Kier alpha value is -5.65. The fourth-order valence-corrected chi connectivity index (χ4v) is 6.07. The van der Waals surface area contributed by atoms with Gasteiger partial charge >= 0.3 is 0 Å². The first-order valence-electron chi connectivity index (χ1n) is 13.8. The molecule has 41 heavy (non-hydrogen) atoms. The van der Waals surface area contributed by atoms with Gasteiger partial charge in [-0.1, -0.05) is 66.7 Å². The summed E-state index contributed by atoms with van der Waals surface area (Å²) in [7, 11) is 0. The van der Waals surface area contributed by atoms with Gasteiger partial charge in [-0.25, -0.2) is 0 Å². The topological polar surface area (TPSA) is 27.0 Å². The molecule has 0 N–H and O–H groups in total. The molecule has 0 unspecified atom stereocenters. The Bertz CT molecular complexity index is 2100. The lowest BCUT2D eigenvalue weighted by Crippen LogP contribution is -2.09. The minimum absolute atomic E-state index is 0.679. The maximum atomic E-state index is 9.14. The van der Waals surface area contributed by atoms with Gasteiger partial charge in [-0.15, -0.1) is 0 Å². The zero-order chi connectivity index (χ0) is 27.3. The predicted molar refractivity (Wildman–Crippen MR) is 171 cm³/mol. The molecule has 0 atom stereocenters. The van der Waals surface area contributed by atoms with Crippen LogP contribution in [0.15, 0.2) is 146 Å². The first-order valence-corrected chi connectivity index (χ1v) is 13.8. The van der Waals surface area contributed by atoms with Gasteiger partial charge < -0.3 is 4.90 Å². The van der Waals surface area contributed by atoms with Gasteiger partial charge in [-0.05, 0) is 134 Å². The highest BCUT2D eigenvalue weighted by atomic mass is 15.1. The van der Waals surface area contributed by atoms with Crippen LogP contribution < -0.4 is 4.90 Å². The molecule has 0 heterocycles. The first kappa shape index (κ1) is 23.3. The summed E-state index contributed by atoms with van der Waals surface area (Å²) in [6.45, 7) is 0. The molecule has 0 saturated carbocycles. The van der Waals surface area contributed by atoms with Crippen molar-refractivity contribution in [2.75, 3.05) is 4.90 Å². The molecule has 1 aliphatic rings. The van der Waals surface area contributed by atoms with Gasteiger partial charge in [0.05, 0.1) is 11.6 Å². The molecule has 0 radical (unpaired) electrons. The normalized spacial score (nSPS) is 11.4. The van der Waals surface area contributed by atoms with Crippen molar-refractivity contribution >= 4 is 38.6 Å². The summed E-state index contributed by atoms with van der Waals surface area (Å²) in [6.07, 6.45) is 0. The lowest BCUT2D eigenvalue weighted by Gasteiger charge is -2.28. The Morgan fingerprint density at radius 1 is 0.390 bits per heavy atom. The second kappa shape index (κ2) is 9.23. The van der Waals surface area contributed by atoms with Crippen molar-refractivity contribution in [3.05, 3.63) is 151 Å². The van der Waals surface area contributed by atoms with Crippen molar-refractivity contribution in [2.45, 2.75) is 0 Å². The van der Waals surface area contributed by atoms with E-state index in [0.29, 0.717) is 5.56 Å². The third-order valence-corrected chi connectivity index (χ3v) is 8.15. The molecule has 0 amide bonds. The number of nitrogens with zero attached hydrogens (tertiary/aromatic N) is 2. The van der Waals surface area contributed by atoms with Crippen molar-refractivity contribution in [3.63, 3.8) is 0 Å². The summed E-state index contributed by atoms with van der Waals surface area (Å²) in [6, 6.07) is 53.8. The zero-order valence-corrected chi connectivity index (χ0v) is 22.3. The van der Waals surface area contributed by atoms with Gasteiger partial charge in [0, 0.05) is 17.1 Å². The van der Waals surface area contributed by atoms with E-state index >= 15 is 0 Å². The van der Waals surface area contributed by atoms with Crippen molar-refractivity contribution in [1.82, 2.24) is 0 Å². The zero-order valence-electron chi connectivity index (χ0n) is 22.3. The van der Waals surface area contributed by atoms with Crippen LogP contribution in [-0.2, 0) is 0 Å². The number of benzene rings is 7. The fraction of sp³-hybridized carbons (Fsp3) is 0. The highest BCUT2D eigenvalue weighted by Gasteiger charge is 2.24. The van der Waals surface area contributed by atoms with Crippen LogP contribution >= 0.6 is 0 Å². The Morgan fingerprint density at radius 2 is 0.878 bits per heavy atom. The van der Waals surface area contributed by atoms with E-state index in [0.717, 1.165) is 28.2 Å². The number of hydrogen-bond donors (Lipinski definition) is 0. The van der Waals surface area contributed by atoms with Crippen molar-refractivity contribution < 1.29 is 0 Å². The minimum Gasteiger partial charge on any atom is -0.310 e. The standard InChI is InChI=1S/C39H24N2/c40-25-26-11-13-27(14-12-26)28-15-16-29-21-36-37-22-30-17-18-35(20-32(30)24-39(37)38(36)23-31(29)19-28)41(33-7-3-1-4-8-33)34-9-5-2-6-10-34/h1-24H. The molecule has 7 aromatic carbocycles.